The number of piperazine rings is 1. The Bertz CT molecular complexity index is 945. The molecule has 3 aromatic rings. The summed E-state index contributed by atoms with van der Waals surface area (Å²) in [7, 11) is 0. The van der Waals surface area contributed by atoms with Crippen LogP contribution >= 0.6 is 11.3 Å². The molecule has 3 heterocycles. The van der Waals surface area contributed by atoms with Crippen LogP contribution in [0.1, 0.15) is 20.2 Å². The van der Waals surface area contributed by atoms with E-state index in [9.17, 15) is 14.0 Å². The van der Waals surface area contributed by atoms with E-state index in [4.69, 9.17) is 0 Å². The second kappa shape index (κ2) is 7.32. The Labute approximate surface area is 159 Å². The first-order valence-corrected chi connectivity index (χ1v) is 9.42. The highest BCUT2D eigenvalue weighted by atomic mass is 32.1. The molecule has 1 aliphatic rings. The summed E-state index contributed by atoms with van der Waals surface area (Å²) in [6, 6.07) is 9.56. The van der Waals surface area contributed by atoms with Gasteiger partial charge < -0.3 is 9.80 Å². The Morgan fingerprint density at radius 1 is 0.963 bits per heavy atom. The van der Waals surface area contributed by atoms with E-state index in [1.165, 1.54) is 36.0 Å². The Morgan fingerprint density at radius 3 is 2.26 bits per heavy atom. The Hall–Kier alpha value is -3.00. The van der Waals surface area contributed by atoms with E-state index in [1.54, 1.807) is 26.5 Å². The average molecular weight is 384 g/mol. The fraction of sp³-hybridized carbons (Fsp3) is 0.211. The highest BCUT2D eigenvalue weighted by Gasteiger charge is 2.27. The van der Waals surface area contributed by atoms with Gasteiger partial charge in [-0.1, -0.05) is 6.07 Å². The van der Waals surface area contributed by atoms with Crippen LogP contribution in [0.3, 0.4) is 0 Å². The molecule has 4 rings (SSSR count). The molecule has 0 unspecified atom stereocenters. The van der Waals surface area contributed by atoms with Gasteiger partial charge in [0.2, 0.25) is 0 Å². The number of hydrogen-bond donors (Lipinski definition) is 0. The molecule has 2 amide bonds. The topological polar surface area (TPSA) is 58.4 Å². The van der Waals surface area contributed by atoms with Gasteiger partial charge in [-0.3, -0.25) is 14.2 Å². The molecule has 8 heteroatoms. The van der Waals surface area contributed by atoms with E-state index < -0.39 is 0 Å². The average Bonchev–Trinajstić information content (AvgIpc) is 3.40. The number of rotatable bonds is 3. The van der Waals surface area contributed by atoms with Crippen molar-refractivity contribution in [1.82, 2.24) is 19.4 Å². The van der Waals surface area contributed by atoms with Crippen LogP contribution in [-0.4, -0.2) is 57.3 Å². The predicted octanol–water partition coefficient (Wildman–Crippen LogP) is 2.67. The second-order valence-electron chi connectivity index (χ2n) is 6.19. The summed E-state index contributed by atoms with van der Waals surface area (Å²) in [5, 5.41) is 1.88. The van der Waals surface area contributed by atoms with Gasteiger partial charge in [0.15, 0.2) is 0 Å². The van der Waals surface area contributed by atoms with E-state index >= 15 is 0 Å². The smallest absolute Gasteiger partial charge is 0.272 e. The van der Waals surface area contributed by atoms with Crippen molar-refractivity contribution in [2.24, 2.45) is 0 Å². The van der Waals surface area contributed by atoms with E-state index in [0.717, 1.165) is 0 Å². The minimum absolute atomic E-state index is 0.00783. The number of amides is 2. The number of hydrogen-bond acceptors (Lipinski definition) is 4. The van der Waals surface area contributed by atoms with E-state index in [-0.39, 0.29) is 17.6 Å². The molecular formula is C19H17FN4O2S. The van der Waals surface area contributed by atoms with Gasteiger partial charge >= 0.3 is 0 Å². The first kappa shape index (κ1) is 17.4. The lowest BCUT2D eigenvalue weighted by Crippen LogP contribution is -2.50. The minimum atomic E-state index is -0.335. The molecule has 0 spiro atoms. The van der Waals surface area contributed by atoms with Crippen LogP contribution in [0.5, 0.6) is 0 Å². The molecule has 2 aromatic heterocycles. The summed E-state index contributed by atoms with van der Waals surface area (Å²) < 4.78 is 14.8. The summed E-state index contributed by atoms with van der Waals surface area (Å²) in [6.45, 7) is 1.91. The second-order valence-corrected chi connectivity index (χ2v) is 7.13. The highest BCUT2D eigenvalue weighted by Crippen LogP contribution is 2.17. The van der Waals surface area contributed by atoms with Crippen molar-refractivity contribution in [2.45, 2.75) is 0 Å². The molecule has 27 heavy (non-hydrogen) atoms. The number of carbonyl (C=O) groups excluding carboxylic acids is 2. The highest BCUT2D eigenvalue weighted by molar-refractivity contribution is 7.12. The lowest BCUT2D eigenvalue weighted by Gasteiger charge is -2.34. The van der Waals surface area contributed by atoms with Crippen molar-refractivity contribution in [1.29, 1.82) is 0 Å². The van der Waals surface area contributed by atoms with Crippen LogP contribution in [0.2, 0.25) is 0 Å². The molecule has 0 aliphatic carbocycles. The van der Waals surface area contributed by atoms with Gasteiger partial charge in [0.25, 0.3) is 11.8 Å². The van der Waals surface area contributed by atoms with Crippen molar-refractivity contribution in [3.63, 3.8) is 0 Å². The van der Waals surface area contributed by atoms with Crippen molar-refractivity contribution in [2.75, 3.05) is 26.2 Å². The SMILES string of the molecule is O=C(c1cccs1)N1CCN(C(=O)c2cncn2-c2ccc(F)cc2)CC1. The zero-order valence-electron chi connectivity index (χ0n) is 14.4. The van der Waals surface area contributed by atoms with Gasteiger partial charge in [-0.05, 0) is 35.7 Å². The number of nitrogens with zero attached hydrogens (tertiary/aromatic N) is 4. The molecule has 0 atom stereocenters. The van der Waals surface area contributed by atoms with Crippen LogP contribution < -0.4 is 0 Å². The third-order valence-electron chi connectivity index (χ3n) is 4.55. The largest absolute Gasteiger partial charge is 0.334 e. The van der Waals surface area contributed by atoms with Crippen LogP contribution in [0, 0.1) is 5.82 Å². The zero-order valence-corrected chi connectivity index (χ0v) is 15.2. The summed E-state index contributed by atoms with van der Waals surface area (Å²) in [6.07, 6.45) is 3.05. The summed E-state index contributed by atoms with van der Waals surface area (Å²) in [5.74, 6) is -0.480. The molecule has 1 aromatic carbocycles. The van der Waals surface area contributed by atoms with Crippen LogP contribution in [-0.2, 0) is 0 Å². The maximum atomic E-state index is 13.2. The number of carbonyl (C=O) groups is 2. The van der Waals surface area contributed by atoms with Gasteiger partial charge in [0.05, 0.1) is 17.4 Å². The number of benzene rings is 1. The summed E-state index contributed by atoms with van der Waals surface area (Å²) in [4.78, 5) is 33.6. The molecule has 138 valence electrons. The van der Waals surface area contributed by atoms with Crippen molar-refractivity contribution >= 4 is 23.2 Å². The monoisotopic (exact) mass is 384 g/mol. The number of imidazole rings is 1. The quantitative estimate of drug-likeness (QED) is 0.698. The van der Waals surface area contributed by atoms with Crippen LogP contribution in [0.25, 0.3) is 5.69 Å². The van der Waals surface area contributed by atoms with Gasteiger partial charge in [-0.15, -0.1) is 11.3 Å². The summed E-state index contributed by atoms with van der Waals surface area (Å²) >= 11 is 1.42. The Balaban J connectivity index is 1.45. The molecule has 0 saturated carbocycles. The Morgan fingerprint density at radius 2 is 1.63 bits per heavy atom. The standard InChI is InChI=1S/C19H17FN4O2S/c20-14-3-5-15(6-4-14)24-13-21-12-16(24)18(25)22-7-9-23(10-8-22)19(26)17-2-1-11-27-17/h1-6,11-13H,7-10H2. The zero-order chi connectivity index (χ0) is 18.8. The van der Waals surface area contributed by atoms with Crippen molar-refractivity contribution in [3.8, 4) is 5.69 Å². The molecule has 6 nitrogen and oxygen atoms in total. The number of aromatic nitrogens is 2. The fourth-order valence-corrected chi connectivity index (χ4v) is 3.78. The lowest BCUT2D eigenvalue weighted by atomic mass is 10.2. The van der Waals surface area contributed by atoms with Crippen LogP contribution in [0.4, 0.5) is 4.39 Å². The van der Waals surface area contributed by atoms with E-state index in [2.05, 4.69) is 4.98 Å². The summed E-state index contributed by atoms with van der Waals surface area (Å²) in [5.41, 5.74) is 1.09. The molecule has 0 N–H and O–H groups in total. The third-order valence-corrected chi connectivity index (χ3v) is 5.41. The van der Waals surface area contributed by atoms with Gasteiger partial charge in [-0.2, -0.15) is 0 Å². The maximum absolute atomic E-state index is 13.2. The van der Waals surface area contributed by atoms with E-state index in [0.29, 0.717) is 42.4 Å². The first-order valence-electron chi connectivity index (χ1n) is 8.54. The predicted molar refractivity (Wildman–Crippen MR) is 99.6 cm³/mol. The number of thiophene rings is 1. The molecular weight excluding hydrogens is 367 g/mol. The van der Waals surface area contributed by atoms with Gasteiger partial charge in [-0.25, -0.2) is 9.37 Å². The molecule has 0 radical (unpaired) electrons. The Kier molecular flexibility index (Phi) is 4.72. The fourth-order valence-electron chi connectivity index (χ4n) is 3.09. The lowest BCUT2D eigenvalue weighted by molar-refractivity contribution is 0.0533. The molecule has 1 saturated heterocycles. The van der Waals surface area contributed by atoms with Crippen LogP contribution in [0.15, 0.2) is 54.3 Å². The van der Waals surface area contributed by atoms with E-state index in [1.807, 2.05) is 17.5 Å². The molecule has 1 fully saturated rings. The normalized spacial score (nSPS) is 14.4. The van der Waals surface area contributed by atoms with Gasteiger partial charge in [0.1, 0.15) is 11.5 Å². The first-order chi connectivity index (χ1) is 13.1. The van der Waals surface area contributed by atoms with Crippen molar-refractivity contribution < 1.29 is 14.0 Å². The minimum Gasteiger partial charge on any atom is -0.334 e. The third kappa shape index (κ3) is 3.48. The molecule has 0 bridgehead atoms. The van der Waals surface area contributed by atoms with Crippen molar-refractivity contribution in [3.05, 3.63) is 70.7 Å². The number of halogens is 1. The van der Waals surface area contributed by atoms with Gasteiger partial charge in [0, 0.05) is 31.9 Å². The molecule has 1 aliphatic heterocycles. The maximum Gasteiger partial charge on any atom is 0.272 e.